The predicted octanol–water partition coefficient (Wildman–Crippen LogP) is 8.89. The van der Waals surface area contributed by atoms with Crippen molar-refractivity contribution in [2.24, 2.45) is 7.05 Å². The molecule has 0 fully saturated rings. The van der Waals surface area contributed by atoms with Crippen molar-refractivity contribution in [1.82, 2.24) is 29.5 Å². The van der Waals surface area contributed by atoms with Crippen LogP contribution >= 0.6 is 0 Å². The van der Waals surface area contributed by atoms with Gasteiger partial charge in [0.05, 0.1) is 33.9 Å². The van der Waals surface area contributed by atoms with Crippen molar-refractivity contribution < 1.29 is 19.1 Å². The number of fused-ring (bicyclic) bond motifs is 8. The number of ether oxygens (including phenoxy) is 2. The Kier molecular flexibility index (Phi) is 12.3. The molecule has 2 N–H and O–H groups in total. The number of H-pyrrole nitrogens is 2. The Balaban J connectivity index is 1.61. The lowest BCUT2D eigenvalue weighted by atomic mass is 10.0. The molecule has 0 spiro atoms. The number of aryl methyl sites for hydroxylation is 4. The summed E-state index contributed by atoms with van der Waals surface area (Å²) in [6.07, 6.45) is 22.8. The molecule has 274 valence electrons. The van der Waals surface area contributed by atoms with Crippen molar-refractivity contribution in [3.05, 3.63) is 101 Å². The SMILES string of the molecule is C=CCOC(=O)CCc1c2nc(c(-c3nccn3C)c3ccc([nH]3)c(CCC(=O)OCC=C)c3nc(c(CCCCCCC)c4ccc1[nH]4)C=C3)C=C2. The fraction of sp³-hybridized carbons (Fsp3) is 0.326. The maximum absolute atomic E-state index is 12.7. The lowest BCUT2D eigenvalue weighted by Crippen LogP contribution is -2.06. The minimum absolute atomic E-state index is 0.170. The summed E-state index contributed by atoms with van der Waals surface area (Å²) in [6.45, 7) is 9.90. The Hall–Kier alpha value is -5.77. The summed E-state index contributed by atoms with van der Waals surface area (Å²) in [7, 11) is 1.95. The fourth-order valence-corrected chi connectivity index (χ4v) is 6.82. The van der Waals surface area contributed by atoms with Gasteiger partial charge < -0.3 is 24.0 Å². The summed E-state index contributed by atoms with van der Waals surface area (Å²) < 4.78 is 12.6. The first-order chi connectivity index (χ1) is 25.9. The number of carbonyl (C=O) groups excluding carboxylic acids is 2. The van der Waals surface area contributed by atoms with E-state index < -0.39 is 0 Å². The number of nitrogens with one attached hydrogen (secondary N) is 2. The minimum atomic E-state index is -0.295. The highest BCUT2D eigenvalue weighted by molar-refractivity contribution is 5.90. The van der Waals surface area contributed by atoms with E-state index in [9.17, 15) is 9.59 Å². The van der Waals surface area contributed by atoms with Gasteiger partial charge in [0.1, 0.15) is 19.0 Å². The molecule has 6 rings (SSSR count). The van der Waals surface area contributed by atoms with Gasteiger partial charge in [0.25, 0.3) is 0 Å². The summed E-state index contributed by atoms with van der Waals surface area (Å²) >= 11 is 0. The number of carbonyl (C=O) groups is 2. The van der Waals surface area contributed by atoms with Crippen LogP contribution in [0.15, 0.2) is 62.0 Å². The van der Waals surface area contributed by atoms with Gasteiger partial charge in [0.15, 0.2) is 0 Å². The standard InChI is InChI=1S/C43H48N6O4/c1-5-8-9-10-11-12-29-32-15-17-34(45-32)30(13-23-40(50)52-27-6-2)36-19-21-38(47-36)42(43-44-25-26-49(43)4)39-22-20-37(48-39)31(35-18-16-33(29)46-35)14-24-41(51)53-28-7-3/h6-7,15-22,25-26,45,48H,2-3,5,8-14,23-24,27-28H2,1,4H3. The quantitative estimate of drug-likeness (QED) is 0.0549. The zero-order valence-corrected chi connectivity index (χ0v) is 30.7. The molecule has 6 heterocycles. The largest absolute Gasteiger partial charge is 0.461 e. The van der Waals surface area contributed by atoms with Crippen LogP contribution in [0.4, 0.5) is 0 Å². The molecule has 0 amide bonds. The van der Waals surface area contributed by atoms with Crippen LogP contribution < -0.4 is 0 Å². The molecule has 0 unspecified atom stereocenters. The number of imidazole rings is 1. The van der Waals surface area contributed by atoms with Crippen molar-refractivity contribution in [2.75, 3.05) is 13.2 Å². The molecule has 2 aliphatic heterocycles. The van der Waals surface area contributed by atoms with Gasteiger partial charge in [-0.3, -0.25) is 9.59 Å². The number of esters is 2. The van der Waals surface area contributed by atoms with Crippen LogP contribution in [0.3, 0.4) is 0 Å². The van der Waals surface area contributed by atoms with Gasteiger partial charge >= 0.3 is 11.9 Å². The lowest BCUT2D eigenvalue weighted by Gasteiger charge is -2.07. The zero-order valence-electron chi connectivity index (χ0n) is 30.7. The monoisotopic (exact) mass is 712 g/mol. The van der Waals surface area contributed by atoms with E-state index in [4.69, 9.17) is 24.4 Å². The van der Waals surface area contributed by atoms with Crippen molar-refractivity contribution in [1.29, 1.82) is 0 Å². The highest BCUT2D eigenvalue weighted by atomic mass is 16.5. The Bertz CT molecular complexity index is 2190. The van der Waals surface area contributed by atoms with E-state index in [-0.39, 0.29) is 38.0 Å². The second kappa shape index (κ2) is 17.6. The average Bonchev–Trinajstić information content (AvgIpc) is 4.01. The molecular weight excluding hydrogens is 665 g/mol. The predicted molar refractivity (Wildman–Crippen MR) is 212 cm³/mol. The molecule has 53 heavy (non-hydrogen) atoms. The van der Waals surface area contributed by atoms with Gasteiger partial charge in [-0.25, -0.2) is 15.0 Å². The Morgan fingerprint density at radius 3 is 1.72 bits per heavy atom. The van der Waals surface area contributed by atoms with Gasteiger partial charge in [-0.15, -0.1) is 0 Å². The highest BCUT2D eigenvalue weighted by Crippen LogP contribution is 2.32. The first-order valence-corrected chi connectivity index (χ1v) is 18.5. The molecule has 10 nitrogen and oxygen atoms in total. The smallest absolute Gasteiger partial charge is 0.306 e. The number of unbranched alkanes of at least 4 members (excludes halogenated alkanes) is 4. The van der Waals surface area contributed by atoms with E-state index in [2.05, 4.69) is 48.3 Å². The van der Waals surface area contributed by atoms with E-state index >= 15 is 0 Å². The molecule has 4 aromatic rings. The molecular formula is C43H48N6O4. The van der Waals surface area contributed by atoms with Gasteiger partial charge in [0.2, 0.25) is 0 Å². The summed E-state index contributed by atoms with van der Waals surface area (Å²) in [5.74, 6) is 0.148. The van der Waals surface area contributed by atoms with Crippen molar-refractivity contribution in [2.45, 2.75) is 71.1 Å². The molecule has 0 aromatic carbocycles. The molecule has 0 atom stereocenters. The van der Waals surface area contributed by atoms with Gasteiger partial charge in [-0.2, -0.15) is 0 Å². The lowest BCUT2D eigenvalue weighted by molar-refractivity contribution is -0.143. The number of hydrogen-bond donors (Lipinski definition) is 2. The third kappa shape index (κ3) is 8.83. The van der Waals surface area contributed by atoms with Crippen molar-refractivity contribution in [3.8, 4) is 11.4 Å². The summed E-state index contributed by atoms with van der Waals surface area (Å²) in [5.41, 5.74) is 10.5. The molecule has 4 aromatic heterocycles. The number of hydrogen-bond acceptors (Lipinski definition) is 7. The number of rotatable bonds is 17. The molecule has 2 aliphatic rings. The maximum atomic E-state index is 12.7. The van der Waals surface area contributed by atoms with E-state index in [1.807, 2.05) is 48.2 Å². The first-order valence-electron chi connectivity index (χ1n) is 18.5. The van der Waals surface area contributed by atoms with Gasteiger partial charge in [-0.1, -0.05) is 57.9 Å². The van der Waals surface area contributed by atoms with Gasteiger partial charge in [0, 0.05) is 65.5 Å². The Morgan fingerprint density at radius 2 is 1.19 bits per heavy atom. The number of aromatic amines is 2. The Morgan fingerprint density at radius 1 is 0.698 bits per heavy atom. The van der Waals surface area contributed by atoms with Crippen LogP contribution in [0.2, 0.25) is 0 Å². The zero-order chi connectivity index (χ0) is 37.2. The number of nitrogens with zero attached hydrogens (tertiary/aromatic N) is 4. The Labute approximate surface area is 310 Å². The van der Waals surface area contributed by atoms with E-state index in [1.54, 1.807) is 18.3 Å². The van der Waals surface area contributed by atoms with Crippen molar-refractivity contribution >= 4 is 58.3 Å². The van der Waals surface area contributed by atoms with E-state index in [0.29, 0.717) is 12.8 Å². The van der Waals surface area contributed by atoms with Crippen LogP contribution in [0.1, 0.15) is 91.3 Å². The molecule has 0 saturated carbocycles. The normalized spacial score (nSPS) is 11.9. The average molecular weight is 713 g/mol. The van der Waals surface area contributed by atoms with Crippen LogP contribution in [0, 0.1) is 0 Å². The third-order valence-corrected chi connectivity index (χ3v) is 9.54. The molecule has 0 radical (unpaired) electrons. The highest BCUT2D eigenvalue weighted by Gasteiger charge is 2.19. The first kappa shape index (κ1) is 37.0. The second-order valence-corrected chi connectivity index (χ2v) is 13.3. The summed E-state index contributed by atoms with van der Waals surface area (Å²) in [6, 6.07) is 8.22. The van der Waals surface area contributed by atoms with Crippen LogP contribution in [0.25, 0.3) is 57.8 Å². The third-order valence-electron chi connectivity index (χ3n) is 9.54. The minimum Gasteiger partial charge on any atom is -0.461 e. The second-order valence-electron chi connectivity index (χ2n) is 13.3. The van der Waals surface area contributed by atoms with Crippen molar-refractivity contribution in [3.63, 3.8) is 0 Å². The van der Waals surface area contributed by atoms with Crippen LogP contribution in [-0.2, 0) is 45.4 Å². The maximum Gasteiger partial charge on any atom is 0.306 e. The van der Waals surface area contributed by atoms with Crippen LogP contribution in [0.5, 0.6) is 0 Å². The topological polar surface area (TPSA) is 128 Å². The molecule has 10 heteroatoms. The van der Waals surface area contributed by atoms with E-state index in [0.717, 1.165) is 92.2 Å². The number of aromatic nitrogens is 6. The molecule has 0 saturated heterocycles. The van der Waals surface area contributed by atoms with Gasteiger partial charge in [-0.05, 0) is 74.3 Å². The fourth-order valence-electron chi connectivity index (χ4n) is 6.82. The molecule has 8 bridgehead atoms. The van der Waals surface area contributed by atoms with E-state index in [1.165, 1.54) is 19.3 Å². The summed E-state index contributed by atoms with van der Waals surface area (Å²) in [4.78, 5) is 47.9. The summed E-state index contributed by atoms with van der Waals surface area (Å²) in [5, 5.41) is 0. The van der Waals surface area contributed by atoms with Crippen LogP contribution in [-0.4, -0.2) is 54.6 Å². The molecule has 0 aliphatic carbocycles.